The maximum atomic E-state index is 13.6. The number of aliphatic carboxylic acids is 1. The van der Waals surface area contributed by atoms with Crippen molar-refractivity contribution in [1.82, 2.24) is 9.97 Å². The van der Waals surface area contributed by atoms with E-state index in [1.807, 2.05) is 0 Å². The number of aromatic nitrogens is 2. The first-order chi connectivity index (χ1) is 17.0. The van der Waals surface area contributed by atoms with Gasteiger partial charge in [-0.3, -0.25) is 14.1 Å². The van der Waals surface area contributed by atoms with E-state index >= 15 is 0 Å². The van der Waals surface area contributed by atoms with Gasteiger partial charge in [0.2, 0.25) is 5.88 Å². The molecular weight excluding hydrogens is 503 g/mol. The Morgan fingerprint density at radius 1 is 1.22 bits per heavy atom. The van der Waals surface area contributed by atoms with E-state index in [9.17, 15) is 26.4 Å². The number of hydrogen-bond donors (Lipinski definition) is 1. The van der Waals surface area contributed by atoms with Crippen LogP contribution < -0.4 is 13.8 Å². The Kier molecular flexibility index (Phi) is 6.76. The van der Waals surface area contributed by atoms with Crippen LogP contribution in [0.2, 0.25) is 0 Å². The third-order valence-electron chi connectivity index (χ3n) is 5.44. The predicted molar refractivity (Wildman–Crippen MR) is 121 cm³/mol. The highest BCUT2D eigenvalue weighted by atomic mass is 32.2. The van der Waals surface area contributed by atoms with E-state index in [2.05, 4.69) is 9.97 Å². The van der Waals surface area contributed by atoms with Crippen molar-refractivity contribution in [3.05, 3.63) is 60.4 Å². The van der Waals surface area contributed by atoms with Crippen LogP contribution in [-0.4, -0.2) is 49.2 Å². The molecule has 1 aromatic heterocycles. The number of ether oxygens (including phenoxy) is 2. The second kappa shape index (κ2) is 9.64. The van der Waals surface area contributed by atoms with Gasteiger partial charge < -0.3 is 14.6 Å². The third kappa shape index (κ3) is 5.20. The quantitative estimate of drug-likeness (QED) is 0.494. The molecule has 1 unspecified atom stereocenters. The lowest BCUT2D eigenvalue weighted by Gasteiger charge is -2.35. The zero-order chi connectivity index (χ0) is 26.1. The van der Waals surface area contributed by atoms with Gasteiger partial charge in [-0.1, -0.05) is 6.07 Å². The molecule has 0 bridgehead atoms. The Morgan fingerprint density at radius 2 is 2.00 bits per heavy atom. The topological polar surface area (TPSA) is 119 Å². The summed E-state index contributed by atoms with van der Waals surface area (Å²) in [5, 5.41) is 9.04. The SMILES string of the molecule is COc1cncc(-c2ccc3c(c2)N(S(=O)(=O)c2cccc(C(F)(F)F)c2)CC(CCC(=O)O)O3)n1. The van der Waals surface area contributed by atoms with Crippen LogP contribution in [0.3, 0.4) is 0 Å². The molecule has 0 spiro atoms. The monoisotopic (exact) mass is 523 g/mol. The molecule has 1 aliphatic rings. The molecule has 0 saturated carbocycles. The summed E-state index contributed by atoms with van der Waals surface area (Å²) in [6.07, 6.45) is -3.04. The van der Waals surface area contributed by atoms with E-state index in [1.165, 1.54) is 31.6 Å². The van der Waals surface area contributed by atoms with Gasteiger partial charge in [-0.2, -0.15) is 13.2 Å². The number of carboxylic acid groups (broad SMARTS) is 1. The molecule has 13 heteroatoms. The molecule has 1 N–H and O–H groups in total. The Labute approximate surface area is 204 Å². The van der Waals surface area contributed by atoms with Crippen LogP contribution in [0, 0.1) is 0 Å². The summed E-state index contributed by atoms with van der Waals surface area (Å²) >= 11 is 0. The molecule has 36 heavy (non-hydrogen) atoms. The average Bonchev–Trinajstić information content (AvgIpc) is 2.86. The highest BCUT2D eigenvalue weighted by Gasteiger charge is 2.37. The normalized spacial score (nSPS) is 15.7. The van der Waals surface area contributed by atoms with Crippen molar-refractivity contribution in [3.8, 4) is 22.9 Å². The van der Waals surface area contributed by atoms with Crippen LogP contribution in [0.4, 0.5) is 18.9 Å². The number of sulfonamides is 1. The van der Waals surface area contributed by atoms with Gasteiger partial charge in [0.15, 0.2) is 0 Å². The Morgan fingerprint density at radius 3 is 2.69 bits per heavy atom. The van der Waals surface area contributed by atoms with Gasteiger partial charge in [-0.15, -0.1) is 0 Å². The lowest BCUT2D eigenvalue weighted by Crippen LogP contribution is -2.43. The number of nitrogens with zero attached hydrogens (tertiary/aromatic N) is 3. The van der Waals surface area contributed by atoms with Gasteiger partial charge in [0.25, 0.3) is 10.0 Å². The van der Waals surface area contributed by atoms with E-state index < -0.39 is 38.7 Å². The number of carbonyl (C=O) groups is 1. The largest absolute Gasteiger partial charge is 0.486 e. The Balaban J connectivity index is 1.81. The van der Waals surface area contributed by atoms with E-state index in [1.54, 1.807) is 6.07 Å². The molecule has 4 rings (SSSR count). The van der Waals surface area contributed by atoms with Gasteiger partial charge in [0.1, 0.15) is 11.9 Å². The van der Waals surface area contributed by atoms with Gasteiger partial charge in [-0.05, 0) is 42.8 Å². The summed E-state index contributed by atoms with van der Waals surface area (Å²) in [6, 6.07) is 8.00. The molecule has 0 saturated heterocycles. The lowest BCUT2D eigenvalue weighted by atomic mass is 10.1. The number of rotatable bonds is 7. The van der Waals surface area contributed by atoms with Crippen LogP contribution in [-0.2, 0) is 21.0 Å². The van der Waals surface area contributed by atoms with Gasteiger partial charge >= 0.3 is 12.1 Å². The minimum absolute atomic E-state index is 0.00745. The summed E-state index contributed by atoms with van der Waals surface area (Å²) in [5.41, 5.74) is -0.223. The van der Waals surface area contributed by atoms with Crippen molar-refractivity contribution in [2.24, 2.45) is 0 Å². The zero-order valence-corrected chi connectivity index (χ0v) is 19.6. The van der Waals surface area contributed by atoms with Gasteiger partial charge in [0, 0.05) is 12.0 Å². The first-order valence-corrected chi connectivity index (χ1v) is 12.0. The summed E-state index contributed by atoms with van der Waals surface area (Å²) in [6.45, 7) is -0.300. The van der Waals surface area contributed by atoms with Crippen LogP contribution in [0.15, 0.2) is 59.8 Å². The second-order valence-electron chi connectivity index (χ2n) is 7.86. The molecule has 0 amide bonds. The fraction of sp³-hybridized carbons (Fsp3) is 0.261. The van der Waals surface area contributed by atoms with Crippen molar-refractivity contribution in [2.45, 2.75) is 30.0 Å². The Bertz CT molecular complexity index is 1400. The number of anilines is 1. The lowest BCUT2D eigenvalue weighted by molar-refractivity contribution is -0.138. The number of carboxylic acids is 1. The van der Waals surface area contributed by atoms with Crippen molar-refractivity contribution >= 4 is 21.7 Å². The summed E-state index contributed by atoms with van der Waals surface area (Å²) < 4.78 is 78.9. The Hall–Kier alpha value is -3.87. The van der Waals surface area contributed by atoms with E-state index in [0.717, 1.165) is 22.5 Å². The average molecular weight is 523 g/mol. The number of halogens is 3. The highest BCUT2D eigenvalue weighted by molar-refractivity contribution is 7.92. The molecule has 1 atom stereocenters. The summed E-state index contributed by atoms with van der Waals surface area (Å²) in [7, 11) is -3.08. The molecule has 0 radical (unpaired) electrons. The van der Waals surface area contributed by atoms with Gasteiger partial charge in [-0.25, -0.2) is 13.4 Å². The second-order valence-corrected chi connectivity index (χ2v) is 9.73. The molecule has 3 aromatic rings. The summed E-state index contributed by atoms with van der Waals surface area (Å²) in [4.78, 5) is 18.8. The maximum Gasteiger partial charge on any atom is 0.416 e. The molecule has 2 heterocycles. The van der Waals surface area contributed by atoms with Gasteiger partial charge in [0.05, 0.1) is 47.9 Å². The van der Waals surface area contributed by atoms with Crippen LogP contribution in [0.1, 0.15) is 18.4 Å². The fourth-order valence-electron chi connectivity index (χ4n) is 3.68. The molecule has 2 aromatic carbocycles. The molecule has 0 aliphatic carbocycles. The molecule has 1 aliphatic heterocycles. The number of alkyl halides is 3. The van der Waals surface area contributed by atoms with Crippen molar-refractivity contribution in [3.63, 3.8) is 0 Å². The highest BCUT2D eigenvalue weighted by Crippen LogP contribution is 2.41. The van der Waals surface area contributed by atoms with E-state index in [4.69, 9.17) is 14.6 Å². The predicted octanol–water partition coefficient (Wildman–Crippen LogP) is 3.99. The molecular formula is C23H20F3N3O6S. The fourth-order valence-corrected chi connectivity index (χ4v) is 5.22. The van der Waals surface area contributed by atoms with Crippen LogP contribution >= 0.6 is 0 Å². The number of benzene rings is 2. The number of methoxy groups -OCH3 is 1. The van der Waals surface area contributed by atoms with E-state index in [-0.39, 0.29) is 36.7 Å². The molecule has 0 fully saturated rings. The first kappa shape index (κ1) is 25.2. The van der Waals surface area contributed by atoms with E-state index in [0.29, 0.717) is 17.3 Å². The summed E-state index contributed by atoms with van der Waals surface area (Å²) in [5.74, 6) is -0.737. The number of fused-ring (bicyclic) bond motifs is 1. The van der Waals surface area contributed by atoms with Crippen molar-refractivity contribution in [2.75, 3.05) is 18.0 Å². The van der Waals surface area contributed by atoms with Crippen LogP contribution in [0.5, 0.6) is 11.6 Å². The third-order valence-corrected chi connectivity index (χ3v) is 7.21. The minimum atomic E-state index is -4.74. The van der Waals surface area contributed by atoms with Crippen molar-refractivity contribution < 1.29 is 41.0 Å². The van der Waals surface area contributed by atoms with Crippen LogP contribution in [0.25, 0.3) is 11.3 Å². The molecule has 190 valence electrons. The molecule has 9 nitrogen and oxygen atoms in total. The minimum Gasteiger partial charge on any atom is -0.486 e. The maximum absolute atomic E-state index is 13.6. The zero-order valence-electron chi connectivity index (χ0n) is 18.8. The number of hydrogen-bond acceptors (Lipinski definition) is 7. The van der Waals surface area contributed by atoms with Crippen molar-refractivity contribution in [1.29, 1.82) is 0 Å². The smallest absolute Gasteiger partial charge is 0.416 e. The standard InChI is InChI=1S/C23H20F3N3O6S/c1-34-21-12-27-11-18(28-21)14-5-7-20-19(9-14)29(13-16(35-20)6-8-22(30)31)36(32,33)17-4-2-3-15(10-17)23(24,25)26/h2-5,7,9-12,16H,6,8,13H2,1H3,(H,30,31). The first-order valence-electron chi connectivity index (χ1n) is 10.6.